The highest BCUT2D eigenvalue weighted by Crippen LogP contribution is 2.20. The Labute approximate surface area is 122 Å². The minimum Gasteiger partial charge on any atom is -0.484 e. The Morgan fingerprint density at radius 3 is 3.00 bits per heavy atom. The highest BCUT2D eigenvalue weighted by Gasteiger charge is 2.04. The molecule has 0 atom stereocenters. The second-order valence-electron chi connectivity index (χ2n) is 4.70. The van der Waals surface area contributed by atoms with Gasteiger partial charge in [-0.3, -0.25) is 0 Å². The van der Waals surface area contributed by atoms with Crippen LogP contribution in [0.15, 0.2) is 36.3 Å². The molecule has 0 saturated carbocycles. The molecule has 0 saturated heterocycles. The van der Waals surface area contributed by atoms with Gasteiger partial charge in [0.2, 0.25) is 0 Å². The predicted octanol–water partition coefficient (Wildman–Crippen LogP) is 3.98. The second kappa shape index (κ2) is 10.0. The lowest BCUT2D eigenvalue weighted by molar-refractivity contribution is 0.351. The van der Waals surface area contributed by atoms with Crippen LogP contribution in [0.25, 0.3) is 0 Å². The van der Waals surface area contributed by atoms with E-state index in [2.05, 4.69) is 22.2 Å². The normalized spacial score (nSPS) is 11.8. The Balaban J connectivity index is 2.52. The molecule has 1 aromatic rings. The van der Waals surface area contributed by atoms with Gasteiger partial charge in [-0.25, -0.2) is 9.97 Å². The summed E-state index contributed by atoms with van der Waals surface area (Å²) in [6.45, 7) is 7.68. The maximum absolute atomic E-state index is 5.76. The van der Waals surface area contributed by atoms with Crippen LogP contribution in [0.1, 0.15) is 40.0 Å². The van der Waals surface area contributed by atoms with Crippen LogP contribution < -0.4 is 10.1 Å². The lowest BCUT2D eigenvalue weighted by Gasteiger charge is -2.11. The first-order valence-corrected chi connectivity index (χ1v) is 7.23. The Hall–Kier alpha value is -1.84. The molecule has 0 fully saturated rings. The van der Waals surface area contributed by atoms with E-state index < -0.39 is 0 Å². The number of allylic oxidation sites excluding steroid dienone is 3. The topological polar surface area (TPSA) is 47.0 Å². The van der Waals surface area contributed by atoms with E-state index in [1.54, 1.807) is 6.20 Å². The van der Waals surface area contributed by atoms with Crippen molar-refractivity contribution in [3.8, 4) is 5.75 Å². The number of nitrogens with zero attached hydrogens (tertiary/aromatic N) is 2. The van der Waals surface area contributed by atoms with Crippen LogP contribution in [0.2, 0.25) is 0 Å². The Bertz CT molecular complexity index is 441. The molecule has 0 aliphatic heterocycles. The summed E-state index contributed by atoms with van der Waals surface area (Å²) >= 11 is 0. The van der Waals surface area contributed by atoms with Gasteiger partial charge in [-0.2, -0.15) is 0 Å². The molecule has 4 heteroatoms. The molecule has 1 aromatic heterocycles. The maximum Gasteiger partial charge on any atom is 0.180 e. The molecule has 110 valence electrons. The summed E-state index contributed by atoms with van der Waals surface area (Å²) in [7, 11) is 0. The fourth-order valence-electron chi connectivity index (χ4n) is 1.64. The van der Waals surface area contributed by atoms with Gasteiger partial charge in [0, 0.05) is 6.54 Å². The summed E-state index contributed by atoms with van der Waals surface area (Å²) < 4.78 is 5.76. The molecular formula is C16H25N3O. The van der Waals surface area contributed by atoms with Gasteiger partial charge in [0.1, 0.15) is 12.9 Å². The molecule has 4 nitrogen and oxygen atoms in total. The second-order valence-corrected chi connectivity index (χ2v) is 4.70. The van der Waals surface area contributed by atoms with Crippen LogP contribution in [0, 0.1) is 0 Å². The zero-order chi connectivity index (χ0) is 14.6. The van der Waals surface area contributed by atoms with E-state index in [-0.39, 0.29) is 0 Å². The van der Waals surface area contributed by atoms with Crippen molar-refractivity contribution in [2.24, 2.45) is 0 Å². The van der Waals surface area contributed by atoms with Crippen molar-refractivity contribution >= 4 is 5.82 Å². The number of hydrogen-bond donors (Lipinski definition) is 1. The smallest absolute Gasteiger partial charge is 0.180 e. The van der Waals surface area contributed by atoms with E-state index in [4.69, 9.17) is 4.74 Å². The fourth-order valence-corrected chi connectivity index (χ4v) is 1.64. The zero-order valence-electron chi connectivity index (χ0n) is 12.7. The van der Waals surface area contributed by atoms with Gasteiger partial charge in [0.05, 0.1) is 6.20 Å². The van der Waals surface area contributed by atoms with Crippen molar-refractivity contribution in [1.29, 1.82) is 0 Å². The summed E-state index contributed by atoms with van der Waals surface area (Å²) in [5.74, 6) is 1.48. The largest absolute Gasteiger partial charge is 0.484 e. The lowest BCUT2D eigenvalue weighted by Crippen LogP contribution is -2.07. The van der Waals surface area contributed by atoms with E-state index in [1.807, 2.05) is 32.1 Å². The molecule has 0 aliphatic rings. The van der Waals surface area contributed by atoms with Crippen LogP contribution in [0.4, 0.5) is 5.82 Å². The predicted molar refractivity (Wildman–Crippen MR) is 84.1 cm³/mol. The molecule has 1 rings (SSSR count). The average Bonchev–Trinajstić information content (AvgIpc) is 2.48. The average molecular weight is 275 g/mol. The third-order valence-corrected chi connectivity index (χ3v) is 2.78. The molecular weight excluding hydrogens is 250 g/mol. The molecule has 0 spiro atoms. The number of anilines is 1. The summed E-state index contributed by atoms with van der Waals surface area (Å²) in [5.41, 5.74) is 1.16. The number of nitrogens with one attached hydrogen (secondary N) is 1. The molecule has 0 amide bonds. The fraction of sp³-hybridized carbons (Fsp3) is 0.500. The molecule has 0 aromatic carbocycles. The number of rotatable bonds is 9. The van der Waals surface area contributed by atoms with E-state index in [0.29, 0.717) is 12.4 Å². The number of aromatic nitrogens is 2. The van der Waals surface area contributed by atoms with E-state index >= 15 is 0 Å². The molecule has 0 unspecified atom stereocenters. The first kappa shape index (κ1) is 16.2. The van der Waals surface area contributed by atoms with Gasteiger partial charge in [0.15, 0.2) is 11.6 Å². The minimum atomic E-state index is 0.543. The standard InChI is InChI=1S/C16H25N3O/c1-4-6-8-10-18-16-15(11-17-13-19-16)20-12-14(3)9-7-5-2/h5,7,9,11,13H,4,6,8,10,12H2,1-3H3,(H,17,18,19)/b7-5-,14-9+. The van der Waals surface area contributed by atoms with Gasteiger partial charge in [-0.05, 0) is 25.8 Å². The quantitative estimate of drug-likeness (QED) is 0.547. The van der Waals surface area contributed by atoms with Crippen LogP contribution in [0.3, 0.4) is 0 Å². The minimum absolute atomic E-state index is 0.543. The van der Waals surface area contributed by atoms with Crippen molar-refractivity contribution in [3.63, 3.8) is 0 Å². The molecule has 20 heavy (non-hydrogen) atoms. The van der Waals surface area contributed by atoms with Crippen LogP contribution in [0.5, 0.6) is 5.75 Å². The van der Waals surface area contributed by atoms with E-state index in [9.17, 15) is 0 Å². The SMILES string of the molecule is C/C=C\C=C(/C)COc1cncnc1NCCCCC. The molecule has 0 aliphatic carbocycles. The van der Waals surface area contributed by atoms with Gasteiger partial charge >= 0.3 is 0 Å². The lowest BCUT2D eigenvalue weighted by atomic mass is 10.2. The first-order valence-electron chi connectivity index (χ1n) is 7.23. The number of hydrogen-bond acceptors (Lipinski definition) is 4. The van der Waals surface area contributed by atoms with Crippen molar-refractivity contribution in [1.82, 2.24) is 9.97 Å². The van der Waals surface area contributed by atoms with Gasteiger partial charge in [-0.1, -0.05) is 38.0 Å². The highest BCUT2D eigenvalue weighted by atomic mass is 16.5. The molecule has 1 heterocycles. The molecule has 0 bridgehead atoms. The zero-order valence-corrected chi connectivity index (χ0v) is 12.7. The third-order valence-electron chi connectivity index (χ3n) is 2.78. The highest BCUT2D eigenvalue weighted by molar-refractivity contribution is 5.47. The van der Waals surface area contributed by atoms with Crippen LogP contribution in [-0.2, 0) is 0 Å². The van der Waals surface area contributed by atoms with Gasteiger partial charge in [0.25, 0.3) is 0 Å². The van der Waals surface area contributed by atoms with E-state index in [1.165, 1.54) is 19.2 Å². The number of ether oxygens (including phenoxy) is 1. The maximum atomic E-state index is 5.76. The molecule has 0 radical (unpaired) electrons. The summed E-state index contributed by atoms with van der Waals surface area (Å²) in [4.78, 5) is 8.26. The van der Waals surface area contributed by atoms with Crippen molar-refractivity contribution in [3.05, 3.63) is 36.3 Å². The first-order chi connectivity index (χ1) is 9.77. The third kappa shape index (κ3) is 6.36. The van der Waals surface area contributed by atoms with Gasteiger partial charge < -0.3 is 10.1 Å². The van der Waals surface area contributed by atoms with Crippen molar-refractivity contribution in [2.45, 2.75) is 40.0 Å². The Morgan fingerprint density at radius 1 is 1.40 bits per heavy atom. The number of unbranched alkanes of at least 4 members (excludes halogenated alkanes) is 2. The summed E-state index contributed by atoms with van der Waals surface area (Å²) in [6, 6.07) is 0. The summed E-state index contributed by atoms with van der Waals surface area (Å²) in [6.07, 6.45) is 12.9. The molecule has 1 N–H and O–H groups in total. The van der Waals surface area contributed by atoms with Crippen molar-refractivity contribution in [2.75, 3.05) is 18.5 Å². The summed E-state index contributed by atoms with van der Waals surface area (Å²) in [5, 5.41) is 3.31. The van der Waals surface area contributed by atoms with Gasteiger partial charge in [-0.15, -0.1) is 0 Å². The van der Waals surface area contributed by atoms with Crippen molar-refractivity contribution < 1.29 is 4.74 Å². The Kier molecular flexibility index (Phi) is 8.11. The van der Waals surface area contributed by atoms with E-state index in [0.717, 1.165) is 24.4 Å². The monoisotopic (exact) mass is 275 g/mol. The Morgan fingerprint density at radius 2 is 2.25 bits per heavy atom. The van der Waals surface area contributed by atoms with Crippen LogP contribution >= 0.6 is 0 Å². The van der Waals surface area contributed by atoms with Crippen LogP contribution in [-0.4, -0.2) is 23.1 Å².